The van der Waals surface area contributed by atoms with Crippen molar-refractivity contribution in [3.05, 3.63) is 101 Å². The lowest BCUT2D eigenvalue weighted by molar-refractivity contribution is -0.384. The summed E-state index contributed by atoms with van der Waals surface area (Å²) >= 11 is 0. The van der Waals surface area contributed by atoms with E-state index in [2.05, 4.69) is 11.1 Å². The predicted octanol–water partition coefficient (Wildman–Crippen LogP) is 3.45. The molecule has 1 N–H and O–H groups in total. The van der Waals surface area contributed by atoms with Crippen LogP contribution in [0.5, 0.6) is 0 Å². The van der Waals surface area contributed by atoms with Crippen LogP contribution in [0.3, 0.4) is 0 Å². The molecule has 168 valence electrons. The number of fused-ring (bicyclic) bond motifs is 1. The molecule has 0 bridgehead atoms. The molecular formula is C26H24N2O5. The lowest BCUT2D eigenvalue weighted by Gasteiger charge is -2.49. The number of rotatable bonds is 5. The van der Waals surface area contributed by atoms with Gasteiger partial charge in [0.1, 0.15) is 24.4 Å². The molecule has 0 amide bonds. The summed E-state index contributed by atoms with van der Waals surface area (Å²) in [5, 5.41) is 19.7. The highest BCUT2D eigenvalue weighted by atomic mass is 16.8. The number of pyridine rings is 1. The van der Waals surface area contributed by atoms with E-state index >= 15 is 0 Å². The van der Waals surface area contributed by atoms with Crippen molar-refractivity contribution < 1.29 is 24.1 Å². The molecule has 6 unspecified atom stereocenters. The highest BCUT2D eigenvalue weighted by Gasteiger charge is 2.50. The number of hydrogen-bond acceptors (Lipinski definition) is 7. The Balaban J connectivity index is 1.49. The Bertz CT molecular complexity index is 1100. The van der Waals surface area contributed by atoms with Crippen LogP contribution in [0.2, 0.25) is 0 Å². The zero-order chi connectivity index (χ0) is 22.6. The molecule has 2 fully saturated rings. The Labute approximate surface area is 192 Å². The van der Waals surface area contributed by atoms with E-state index in [4.69, 9.17) is 18.9 Å². The first-order valence-electron chi connectivity index (χ1n) is 10.9. The fraction of sp³-hybridized carbons (Fsp3) is 0.308. The van der Waals surface area contributed by atoms with Crippen LogP contribution in [0.1, 0.15) is 35.0 Å². The molecule has 1 aromatic heterocycles. The smallest absolute Gasteiger partial charge is 0.184 e. The molecule has 0 spiro atoms. The van der Waals surface area contributed by atoms with Crippen molar-refractivity contribution in [1.29, 1.82) is 5.26 Å². The lowest BCUT2D eigenvalue weighted by Crippen LogP contribution is -2.59. The standard InChI is InChI=1S/C26H24N2O5/c27-15-19-12-7-13-28-20(19)14-21-23-24(33-25(30-21)17-8-3-1-4-9-17)22(16-29)31-26(32-23)18-10-5-2-6-11-18/h1-13,21-26,29H,14,16H2. The highest BCUT2D eigenvalue weighted by Crippen LogP contribution is 2.41. The first-order chi connectivity index (χ1) is 16.3. The molecule has 5 rings (SSSR count). The third kappa shape index (κ3) is 4.53. The van der Waals surface area contributed by atoms with Crippen LogP contribution >= 0.6 is 0 Å². The molecule has 7 heteroatoms. The van der Waals surface area contributed by atoms with Crippen molar-refractivity contribution in [3.8, 4) is 6.07 Å². The monoisotopic (exact) mass is 444 g/mol. The molecule has 2 aromatic carbocycles. The van der Waals surface area contributed by atoms with E-state index in [0.717, 1.165) is 11.1 Å². The lowest BCUT2D eigenvalue weighted by atomic mass is 9.94. The third-order valence-electron chi connectivity index (χ3n) is 5.94. The minimum absolute atomic E-state index is 0.227. The van der Waals surface area contributed by atoms with Crippen LogP contribution in [0.15, 0.2) is 79.0 Å². The maximum atomic E-state index is 10.2. The molecule has 0 radical (unpaired) electrons. The molecule has 3 aromatic rings. The summed E-state index contributed by atoms with van der Waals surface area (Å²) in [6, 6.07) is 24.8. The molecule has 33 heavy (non-hydrogen) atoms. The second kappa shape index (κ2) is 9.79. The van der Waals surface area contributed by atoms with Gasteiger partial charge in [-0.15, -0.1) is 0 Å². The summed E-state index contributed by atoms with van der Waals surface area (Å²) in [6.45, 7) is -0.227. The van der Waals surface area contributed by atoms with E-state index in [0.29, 0.717) is 17.7 Å². The van der Waals surface area contributed by atoms with Gasteiger partial charge in [-0.25, -0.2) is 0 Å². The minimum Gasteiger partial charge on any atom is -0.394 e. The first-order valence-corrected chi connectivity index (χ1v) is 10.9. The van der Waals surface area contributed by atoms with E-state index in [1.807, 2.05) is 60.7 Å². The fourth-order valence-electron chi connectivity index (χ4n) is 4.31. The predicted molar refractivity (Wildman–Crippen MR) is 118 cm³/mol. The van der Waals surface area contributed by atoms with E-state index < -0.39 is 37.0 Å². The average molecular weight is 444 g/mol. The van der Waals surface area contributed by atoms with Crippen molar-refractivity contribution in [3.63, 3.8) is 0 Å². The van der Waals surface area contributed by atoms with Crippen LogP contribution in [0.4, 0.5) is 0 Å². The molecule has 3 heterocycles. The Morgan fingerprint density at radius 2 is 1.33 bits per heavy atom. The van der Waals surface area contributed by atoms with Gasteiger partial charge in [0.15, 0.2) is 12.6 Å². The Morgan fingerprint density at radius 3 is 1.91 bits per heavy atom. The topological polar surface area (TPSA) is 93.8 Å². The summed E-state index contributed by atoms with van der Waals surface area (Å²) in [5.74, 6) is 0. The Kier molecular flexibility index (Phi) is 6.44. The second-order valence-corrected chi connectivity index (χ2v) is 8.03. The van der Waals surface area contributed by atoms with E-state index in [1.54, 1.807) is 18.3 Å². The molecule has 6 atom stereocenters. The number of aliphatic hydroxyl groups excluding tert-OH is 1. The van der Waals surface area contributed by atoms with Crippen LogP contribution in [-0.2, 0) is 25.4 Å². The minimum atomic E-state index is -0.674. The van der Waals surface area contributed by atoms with Crippen LogP contribution in [-0.4, -0.2) is 41.1 Å². The second-order valence-electron chi connectivity index (χ2n) is 8.03. The number of nitriles is 1. The quantitative estimate of drug-likeness (QED) is 0.644. The fourth-order valence-corrected chi connectivity index (χ4v) is 4.31. The maximum absolute atomic E-state index is 10.2. The zero-order valence-corrected chi connectivity index (χ0v) is 17.9. The zero-order valence-electron chi connectivity index (χ0n) is 17.9. The van der Waals surface area contributed by atoms with E-state index in [-0.39, 0.29) is 6.61 Å². The van der Waals surface area contributed by atoms with Crippen molar-refractivity contribution in [2.24, 2.45) is 0 Å². The van der Waals surface area contributed by atoms with Crippen LogP contribution < -0.4 is 0 Å². The summed E-state index contributed by atoms with van der Waals surface area (Å²) in [4.78, 5) is 4.42. The van der Waals surface area contributed by atoms with Crippen LogP contribution in [0, 0.1) is 11.3 Å². The summed E-state index contributed by atoms with van der Waals surface area (Å²) in [5.41, 5.74) is 2.81. The van der Waals surface area contributed by atoms with Crippen molar-refractivity contribution >= 4 is 0 Å². The number of benzene rings is 2. The molecule has 2 saturated heterocycles. The molecule has 0 saturated carbocycles. The number of ether oxygens (including phenoxy) is 4. The number of aromatic nitrogens is 1. The van der Waals surface area contributed by atoms with Gasteiger partial charge >= 0.3 is 0 Å². The summed E-state index contributed by atoms with van der Waals surface area (Å²) in [7, 11) is 0. The van der Waals surface area contributed by atoms with Gasteiger partial charge < -0.3 is 24.1 Å². The summed E-state index contributed by atoms with van der Waals surface area (Å²) < 4.78 is 25.1. The molecule has 7 nitrogen and oxygen atoms in total. The number of nitrogens with zero attached hydrogens (tertiary/aromatic N) is 2. The molecule has 2 aliphatic rings. The van der Waals surface area contributed by atoms with Gasteiger partial charge in [-0.3, -0.25) is 4.98 Å². The summed E-state index contributed by atoms with van der Waals surface area (Å²) in [6.07, 6.45) is -1.49. The third-order valence-corrected chi connectivity index (χ3v) is 5.94. The van der Waals surface area contributed by atoms with Crippen molar-refractivity contribution in [2.45, 2.75) is 43.4 Å². The normalized spacial score (nSPS) is 29.1. The SMILES string of the molecule is N#Cc1cccnc1CC1OC(c2ccccc2)OC2C(CO)OC(c3ccccc3)OC12. The first kappa shape index (κ1) is 21.7. The average Bonchev–Trinajstić information content (AvgIpc) is 2.89. The highest BCUT2D eigenvalue weighted by molar-refractivity contribution is 5.33. The van der Waals surface area contributed by atoms with Gasteiger partial charge in [0.05, 0.1) is 24.0 Å². The molecule has 2 aliphatic heterocycles. The number of aliphatic hydroxyl groups is 1. The number of hydrogen-bond donors (Lipinski definition) is 1. The van der Waals surface area contributed by atoms with Crippen molar-refractivity contribution in [2.75, 3.05) is 6.61 Å². The molecule has 0 aliphatic carbocycles. The van der Waals surface area contributed by atoms with Crippen molar-refractivity contribution in [1.82, 2.24) is 4.98 Å². The Hall–Kier alpha value is -3.12. The van der Waals surface area contributed by atoms with E-state index in [9.17, 15) is 10.4 Å². The van der Waals surface area contributed by atoms with Crippen LogP contribution in [0.25, 0.3) is 0 Å². The van der Waals surface area contributed by atoms with Gasteiger partial charge in [-0.05, 0) is 12.1 Å². The van der Waals surface area contributed by atoms with Gasteiger partial charge in [-0.1, -0.05) is 60.7 Å². The molecular weight excluding hydrogens is 420 g/mol. The van der Waals surface area contributed by atoms with E-state index in [1.165, 1.54) is 0 Å². The van der Waals surface area contributed by atoms with Gasteiger partial charge in [0.25, 0.3) is 0 Å². The van der Waals surface area contributed by atoms with Gasteiger partial charge in [0.2, 0.25) is 0 Å². The maximum Gasteiger partial charge on any atom is 0.184 e. The van der Waals surface area contributed by atoms with Gasteiger partial charge in [-0.2, -0.15) is 5.26 Å². The Morgan fingerprint density at radius 1 is 0.758 bits per heavy atom. The largest absolute Gasteiger partial charge is 0.394 e. The van der Waals surface area contributed by atoms with Gasteiger partial charge in [0, 0.05) is 23.7 Å².